The van der Waals surface area contributed by atoms with Gasteiger partial charge in [0, 0.05) is 16.9 Å². The fourth-order valence-electron chi connectivity index (χ4n) is 1.71. The molecule has 0 aliphatic carbocycles. The Kier molecular flexibility index (Phi) is 4.65. The molecule has 0 saturated heterocycles. The van der Waals surface area contributed by atoms with Gasteiger partial charge >= 0.3 is 0 Å². The zero-order valence-corrected chi connectivity index (χ0v) is 11.2. The predicted octanol–water partition coefficient (Wildman–Crippen LogP) is 2.93. The molecule has 19 heavy (non-hydrogen) atoms. The number of nitrogens with two attached hydrogens (primary N) is 1. The van der Waals surface area contributed by atoms with Gasteiger partial charge in [-0.15, -0.1) is 11.3 Å². The Morgan fingerprint density at radius 1 is 1.37 bits per heavy atom. The van der Waals surface area contributed by atoms with Crippen molar-refractivity contribution in [2.24, 2.45) is 5.73 Å². The Labute approximate surface area is 115 Å². The summed E-state index contributed by atoms with van der Waals surface area (Å²) >= 11 is 1.69. The lowest BCUT2D eigenvalue weighted by Gasteiger charge is -2.06. The van der Waals surface area contributed by atoms with Gasteiger partial charge in [-0.1, -0.05) is 6.07 Å². The third kappa shape index (κ3) is 4.15. The summed E-state index contributed by atoms with van der Waals surface area (Å²) in [6.45, 7) is 0.913. The molecule has 1 aromatic heterocycles. The summed E-state index contributed by atoms with van der Waals surface area (Å²) in [5.41, 5.74) is 6.42. The van der Waals surface area contributed by atoms with E-state index >= 15 is 0 Å². The van der Waals surface area contributed by atoms with Crippen molar-refractivity contribution in [3.63, 3.8) is 0 Å². The first-order chi connectivity index (χ1) is 9.15. The van der Waals surface area contributed by atoms with Gasteiger partial charge in [0.05, 0.1) is 13.2 Å². The Morgan fingerprint density at radius 2 is 2.21 bits per heavy atom. The van der Waals surface area contributed by atoms with Crippen LogP contribution in [0.25, 0.3) is 0 Å². The van der Waals surface area contributed by atoms with E-state index in [1.165, 1.54) is 17.0 Å². The highest BCUT2D eigenvalue weighted by Crippen LogP contribution is 2.12. The molecule has 3 nitrogen and oxygen atoms in total. The van der Waals surface area contributed by atoms with Crippen LogP contribution in [0.1, 0.15) is 16.0 Å². The number of nitrogen functional groups attached to an aromatic ring is 1. The van der Waals surface area contributed by atoms with Crippen molar-refractivity contribution in [1.29, 1.82) is 5.41 Å². The number of thiophene rings is 1. The van der Waals surface area contributed by atoms with E-state index in [1.807, 2.05) is 11.4 Å². The molecule has 100 valence electrons. The third-order valence-electron chi connectivity index (χ3n) is 2.61. The lowest BCUT2D eigenvalue weighted by atomic mass is 10.1. The Balaban J connectivity index is 1.87. The third-order valence-corrected chi connectivity index (χ3v) is 3.55. The number of rotatable bonds is 6. The highest BCUT2D eigenvalue weighted by Gasteiger charge is 2.03. The zero-order chi connectivity index (χ0) is 13.7. The minimum atomic E-state index is -0.399. The van der Waals surface area contributed by atoms with Gasteiger partial charge in [-0.25, -0.2) is 4.39 Å². The average molecular weight is 278 g/mol. The minimum absolute atomic E-state index is 0.140. The molecule has 0 atom stereocenters. The summed E-state index contributed by atoms with van der Waals surface area (Å²) in [4.78, 5) is 1.27. The van der Waals surface area contributed by atoms with E-state index < -0.39 is 5.82 Å². The molecule has 2 rings (SSSR count). The lowest BCUT2D eigenvalue weighted by Crippen LogP contribution is -2.12. The summed E-state index contributed by atoms with van der Waals surface area (Å²) in [6, 6.07) is 8.39. The molecular weight excluding hydrogens is 263 g/mol. The molecule has 0 aliphatic rings. The number of halogens is 1. The van der Waals surface area contributed by atoms with Crippen molar-refractivity contribution in [1.82, 2.24) is 0 Å². The molecule has 0 aliphatic heterocycles. The molecule has 0 spiro atoms. The highest BCUT2D eigenvalue weighted by molar-refractivity contribution is 7.09. The van der Waals surface area contributed by atoms with Gasteiger partial charge < -0.3 is 10.5 Å². The maximum Gasteiger partial charge on any atom is 0.124 e. The van der Waals surface area contributed by atoms with Crippen LogP contribution in [0.3, 0.4) is 0 Å². The van der Waals surface area contributed by atoms with E-state index in [2.05, 4.69) is 6.07 Å². The highest BCUT2D eigenvalue weighted by atomic mass is 32.1. The van der Waals surface area contributed by atoms with E-state index in [0.717, 1.165) is 6.42 Å². The average Bonchev–Trinajstić information content (AvgIpc) is 2.87. The number of amidine groups is 1. The molecule has 2 aromatic rings. The molecule has 5 heteroatoms. The van der Waals surface area contributed by atoms with E-state index in [9.17, 15) is 4.39 Å². The fourth-order valence-corrected chi connectivity index (χ4v) is 2.40. The molecular formula is C14H15FN2OS. The number of hydrogen-bond acceptors (Lipinski definition) is 3. The second-order valence-electron chi connectivity index (χ2n) is 4.14. The zero-order valence-electron chi connectivity index (χ0n) is 10.4. The largest absolute Gasteiger partial charge is 0.384 e. The molecule has 1 aromatic carbocycles. The van der Waals surface area contributed by atoms with Gasteiger partial charge in [-0.3, -0.25) is 5.41 Å². The maximum atomic E-state index is 13.3. The summed E-state index contributed by atoms with van der Waals surface area (Å²) in [5, 5.41) is 9.34. The first kappa shape index (κ1) is 13.7. The monoisotopic (exact) mass is 278 g/mol. The predicted molar refractivity (Wildman–Crippen MR) is 75.1 cm³/mol. The van der Waals surface area contributed by atoms with Crippen molar-refractivity contribution in [3.8, 4) is 0 Å². The molecule has 0 bridgehead atoms. The van der Waals surface area contributed by atoms with Gasteiger partial charge in [0.1, 0.15) is 11.7 Å². The second kappa shape index (κ2) is 6.45. The summed E-state index contributed by atoms with van der Waals surface area (Å²) in [7, 11) is 0. The molecule has 0 saturated carbocycles. The molecule has 0 radical (unpaired) electrons. The van der Waals surface area contributed by atoms with Crippen LogP contribution < -0.4 is 5.73 Å². The Hall–Kier alpha value is -1.72. The van der Waals surface area contributed by atoms with Gasteiger partial charge in [-0.05, 0) is 35.2 Å². The molecule has 1 heterocycles. The topological polar surface area (TPSA) is 59.1 Å². The molecule has 0 amide bonds. The first-order valence-corrected chi connectivity index (χ1v) is 6.77. The second-order valence-corrected chi connectivity index (χ2v) is 5.18. The SMILES string of the molecule is N=C(N)c1cc(F)cc(COCCc2cccs2)c1. The smallest absolute Gasteiger partial charge is 0.124 e. The van der Waals surface area contributed by atoms with E-state index in [1.54, 1.807) is 17.4 Å². The first-order valence-electron chi connectivity index (χ1n) is 5.89. The van der Waals surface area contributed by atoms with Crippen molar-refractivity contribution in [2.45, 2.75) is 13.0 Å². The van der Waals surface area contributed by atoms with Crippen LogP contribution in [-0.2, 0) is 17.8 Å². The fraction of sp³-hybridized carbons (Fsp3) is 0.214. The van der Waals surface area contributed by atoms with Crippen LogP contribution in [0.2, 0.25) is 0 Å². The number of nitrogens with one attached hydrogen (secondary N) is 1. The summed E-state index contributed by atoms with van der Waals surface area (Å²) in [6.07, 6.45) is 0.854. The summed E-state index contributed by atoms with van der Waals surface area (Å²) in [5.74, 6) is -0.538. The van der Waals surface area contributed by atoms with Gasteiger partial charge in [-0.2, -0.15) is 0 Å². The van der Waals surface area contributed by atoms with E-state index in [0.29, 0.717) is 24.3 Å². The summed E-state index contributed by atoms with van der Waals surface area (Å²) < 4.78 is 18.8. The maximum absolute atomic E-state index is 13.3. The van der Waals surface area contributed by atoms with Crippen LogP contribution in [0.15, 0.2) is 35.7 Å². The van der Waals surface area contributed by atoms with Crippen LogP contribution in [0.4, 0.5) is 4.39 Å². The van der Waals surface area contributed by atoms with Gasteiger partial charge in [0.25, 0.3) is 0 Å². The van der Waals surface area contributed by atoms with Crippen LogP contribution in [0.5, 0.6) is 0 Å². The molecule has 0 fully saturated rings. The quantitative estimate of drug-likeness (QED) is 0.485. The van der Waals surface area contributed by atoms with Gasteiger partial charge in [0.15, 0.2) is 0 Å². The van der Waals surface area contributed by atoms with Crippen LogP contribution in [-0.4, -0.2) is 12.4 Å². The lowest BCUT2D eigenvalue weighted by molar-refractivity contribution is 0.124. The number of benzene rings is 1. The van der Waals surface area contributed by atoms with Gasteiger partial charge in [0.2, 0.25) is 0 Å². The minimum Gasteiger partial charge on any atom is -0.384 e. The van der Waals surface area contributed by atoms with Crippen molar-refractivity contribution >= 4 is 17.2 Å². The Bertz CT molecular complexity index is 555. The molecule has 0 unspecified atom stereocenters. The van der Waals surface area contributed by atoms with Crippen LogP contribution in [0, 0.1) is 11.2 Å². The normalized spacial score (nSPS) is 10.6. The van der Waals surface area contributed by atoms with E-state index in [-0.39, 0.29) is 5.84 Å². The Morgan fingerprint density at radius 3 is 2.89 bits per heavy atom. The van der Waals surface area contributed by atoms with Crippen molar-refractivity contribution in [3.05, 3.63) is 57.5 Å². The van der Waals surface area contributed by atoms with Crippen molar-refractivity contribution in [2.75, 3.05) is 6.61 Å². The van der Waals surface area contributed by atoms with Crippen LogP contribution >= 0.6 is 11.3 Å². The number of ether oxygens (including phenoxy) is 1. The molecule has 3 N–H and O–H groups in total. The standard InChI is InChI=1S/C14H15FN2OS/c15-12-7-10(6-11(8-12)14(16)17)9-18-4-3-13-2-1-5-19-13/h1-2,5-8H,3-4,9H2,(H3,16,17). The van der Waals surface area contributed by atoms with E-state index in [4.69, 9.17) is 15.9 Å². The van der Waals surface area contributed by atoms with Crippen molar-refractivity contribution < 1.29 is 9.13 Å². The number of hydrogen-bond donors (Lipinski definition) is 2.